The Balaban J connectivity index is 1.67. The van der Waals surface area contributed by atoms with E-state index in [-0.39, 0.29) is 18.2 Å². The number of rotatable bonds is 5. The van der Waals surface area contributed by atoms with Crippen LogP contribution in [0.2, 0.25) is 0 Å². The number of nitrogens with zero attached hydrogens (tertiary/aromatic N) is 5. The van der Waals surface area contributed by atoms with Gasteiger partial charge in [-0.25, -0.2) is 4.68 Å². The molecule has 1 fully saturated rings. The molecule has 7 heteroatoms. The molecule has 0 saturated heterocycles. The van der Waals surface area contributed by atoms with E-state index in [2.05, 4.69) is 27.7 Å². The lowest BCUT2D eigenvalue weighted by Crippen LogP contribution is -2.54. The first-order valence-corrected chi connectivity index (χ1v) is 7.41. The molecule has 7 nitrogen and oxygen atoms in total. The Morgan fingerprint density at radius 1 is 1.43 bits per heavy atom. The molecule has 0 bridgehead atoms. The molecule has 0 radical (unpaired) electrons. The summed E-state index contributed by atoms with van der Waals surface area (Å²) in [7, 11) is 0. The Morgan fingerprint density at radius 2 is 2.24 bits per heavy atom. The van der Waals surface area contributed by atoms with Gasteiger partial charge >= 0.3 is 0 Å². The molecule has 0 spiro atoms. The Kier molecular flexibility index (Phi) is 3.77. The number of nitrogens with one attached hydrogen (secondary N) is 1. The zero-order valence-corrected chi connectivity index (χ0v) is 12.7. The minimum atomic E-state index is -0.336. The van der Waals surface area contributed by atoms with Crippen LogP contribution in [0.1, 0.15) is 36.3 Å². The second kappa shape index (κ2) is 5.57. The van der Waals surface area contributed by atoms with Crippen molar-refractivity contribution in [1.29, 1.82) is 0 Å². The molecular weight excluding hydrogens is 268 g/mol. The number of hydrogen-bond donors (Lipinski definition) is 2. The van der Waals surface area contributed by atoms with E-state index < -0.39 is 0 Å². The molecule has 21 heavy (non-hydrogen) atoms. The van der Waals surface area contributed by atoms with Crippen molar-refractivity contribution in [2.24, 2.45) is 0 Å². The van der Waals surface area contributed by atoms with Gasteiger partial charge in [0.2, 0.25) is 0 Å². The predicted octanol–water partition coefficient (Wildman–Crippen LogP) is 0.575. The fraction of sp³-hybridized carbons (Fsp3) is 0.643. The predicted molar refractivity (Wildman–Crippen MR) is 77.7 cm³/mol. The topological polar surface area (TPSA) is 80.8 Å². The van der Waals surface area contributed by atoms with Crippen molar-refractivity contribution in [1.82, 2.24) is 30.1 Å². The average molecular weight is 290 g/mol. The average Bonchev–Trinajstić information content (AvgIpc) is 3.01. The van der Waals surface area contributed by atoms with E-state index in [4.69, 9.17) is 0 Å². The molecule has 0 aromatic carbocycles. The maximum absolute atomic E-state index is 10.0. The lowest BCUT2D eigenvalue weighted by molar-refractivity contribution is -0.00846. The van der Waals surface area contributed by atoms with E-state index in [0.29, 0.717) is 6.54 Å². The Bertz CT molecular complexity index is 619. The molecule has 2 aromatic rings. The van der Waals surface area contributed by atoms with Gasteiger partial charge < -0.3 is 10.4 Å². The van der Waals surface area contributed by atoms with E-state index in [1.54, 1.807) is 0 Å². The third-order valence-electron chi connectivity index (χ3n) is 4.20. The Morgan fingerprint density at radius 3 is 2.86 bits per heavy atom. The molecule has 2 aromatic heterocycles. The molecule has 2 N–H and O–H groups in total. The van der Waals surface area contributed by atoms with E-state index in [1.807, 2.05) is 35.6 Å². The van der Waals surface area contributed by atoms with Crippen molar-refractivity contribution >= 4 is 0 Å². The van der Waals surface area contributed by atoms with Crippen molar-refractivity contribution in [3.8, 4) is 0 Å². The van der Waals surface area contributed by atoms with Gasteiger partial charge in [-0.2, -0.15) is 5.10 Å². The third kappa shape index (κ3) is 2.58. The van der Waals surface area contributed by atoms with Crippen LogP contribution in [-0.4, -0.2) is 42.0 Å². The normalized spacial score (nSPS) is 25.0. The fourth-order valence-electron chi connectivity index (χ4n) is 2.89. The highest BCUT2D eigenvalue weighted by atomic mass is 16.3. The summed E-state index contributed by atoms with van der Waals surface area (Å²) >= 11 is 0. The van der Waals surface area contributed by atoms with Crippen LogP contribution in [0, 0.1) is 13.8 Å². The highest BCUT2D eigenvalue weighted by Crippen LogP contribution is 2.32. The van der Waals surface area contributed by atoms with Gasteiger partial charge in [0.25, 0.3) is 0 Å². The van der Waals surface area contributed by atoms with Crippen LogP contribution in [0.4, 0.5) is 0 Å². The SMILES string of the molecule is CCn1nnc(C)c1CN[C@H]1C[C@@H](O)[C@@H]1n1cc(C)cn1. The molecule has 1 aliphatic carbocycles. The first-order chi connectivity index (χ1) is 10.1. The molecule has 1 aliphatic rings. The van der Waals surface area contributed by atoms with Gasteiger partial charge in [-0.15, -0.1) is 5.10 Å². The van der Waals surface area contributed by atoms with Gasteiger partial charge in [0.1, 0.15) is 0 Å². The molecular formula is C14H22N6O. The molecule has 3 rings (SSSR count). The van der Waals surface area contributed by atoms with Crippen LogP contribution < -0.4 is 5.32 Å². The molecule has 114 valence electrons. The molecule has 0 aliphatic heterocycles. The monoisotopic (exact) mass is 290 g/mol. The van der Waals surface area contributed by atoms with Gasteiger partial charge in [-0.3, -0.25) is 4.68 Å². The standard InChI is InChI=1S/C14H22N6O/c1-4-19-12(10(3)17-18-19)7-15-11-5-13(21)14(11)20-8-9(2)6-16-20/h6,8,11,13-15,21H,4-5,7H2,1-3H3/t11-,13+,14+/m0/s1. The fourth-order valence-corrected chi connectivity index (χ4v) is 2.89. The van der Waals surface area contributed by atoms with Gasteiger partial charge in [-0.1, -0.05) is 5.21 Å². The lowest BCUT2D eigenvalue weighted by atomic mass is 9.83. The van der Waals surface area contributed by atoms with Crippen molar-refractivity contribution in [2.75, 3.05) is 0 Å². The van der Waals surface area contributed by atoms with E-state index in [1.165, 1.54) is 0 Å². The molecule has 1 saturated carbocycles. The minimum Gasteiger partial charge on any atom is -0.391 e. The molecule has 0 amide bonds. The zero-order valence-electron chi connectivity index (χ0n) is 12.7. The van der Waals surface area contributed by atoms with E-state index in [0.717, 1.165) is 29.9 Å². The number of hydrogen-bond acceptors (Lipinski definition) is 5. The van der Waals surface area contributed by atoms with Crippen molar-refractivity contribution in [3.63, 3.8) is 0 Å². The summed E-state index contributed by atoms with van der Waals surface area (Å²) < 4.78 is 3.77. The first kappa shape index (κ1) is 14.2. The summed E-state index contributed by atoms with van der Waals surface area (Å²) in [5, 5.41) is 26.1. The summed E-state index contributed by atoms with van der Waals surface area (Å²) in [6.45, 7) is 7.56. The van der Waals surface area contributed by atoms with Gasteiger partial charge in [0.05, 0.1) is 29.7 Å². The number of aliphatic hydroxyl groups is 1. The summed E-state index contributed by atoms with van der Waals surface area (Å²) in [6, 6.07) is 0.226. The van der Waals surface area contributed by atoms with Crippen LogP contribution in [0.15, 0.2) is 12.4 Å². The molecule has 0 unspecified atom stereocenters. The Labute approximate surface area is 124 Å². The van der Waals surface area contributed by atoms with Crippen molar-refractivity contribution in [2.45, 2.75) is 58.5 Å². The smallest absolute Gasteiger partial charge is 0.0932 e. The summed E-state index contributed by atoms with van der Waals surface area (Å²) in [6.07, 6.45) is 4.21. The summed E-state index contributed by atoms with van der Waals surface area (Å²) in [5.74, 6) is 0. The zero-order chi connectivity index (χ0) is 15.0. The summed E-state index contributed by atoms with van der Waals surface area (Å²) in [5.41, 5.74) is 3.17. The first-order valence-electron chi connectivity index (χ1n) is 7.41. The largest absolute Gasteiger partial charge is 0.391 e. The van der Waals surface area contributed by atoms with Crippen molar-refractivity contribution < 1.29 is 5.11 Å². The lowest BCUT2D eigenvalue weighted by Gasteiger charge is -2.42. The molecule has 2 heterocycles. The maximum atomic E-state index is 10.0. The minimum absolute atomic E-state index is 0.00460. The Hall–Kier alpha value is -1.73. The van der Waals surface area contributed by atoms with Crippen LogP contribution in [0.25, 0.3) is 0 Å². The van der Waals surface area contributed by atoms with Crippen LogP contribution in [-0.2, 0) is 13.1 Å². The van der Waals surface area contributed by atoms with E-state index in [9.17, 15) is 5.11 Å². The number of aliphatic hydroxyl groups excluding tert-OH is 1. The highest BCUT2D eigenvalue weighted by molar-refractivity contribution is 5.10. The number of aryl methyl sites for hydroxylation is 3. The molecule has 3 atom stereocenters. The highest BCUT2D eigenvalue weighted by Gasteiger charge is 2.41. The van der Waals surface area contributed by atoms with E-state index >= 15 is 0 Å². The van der Waals surface area contributed by atoms with Gasteiger partial charge in [-0.05, 0) is 32.8 Å². The second-order valence-electron chi connectivity index (χ2n) is 5.72. The summed E-state index contributed by atoms with van der Waals surface area (Å²) in [4.78, 5) is 0. The second-order valence-corrected chi connectivity index (χ2v) is 5.72. The van der Waals surface area contributed by atoms with Crippen LogP contribution >= 0.6 is 0 Å². The van der Waals surface area contributed by atoms with Crippen molar-refractivity contribution in [3.05, 3.63) is 29.3 Å². The quantitative estimate of drug-likeness (QED) is 0.841. The van der Waals surface area contributed by atoms with Gasteiger partial charge in [0.15, 0.2) is 0 Å². The number of aromatic nitrogens is 5. The van der Waals surface area contributed by atoms with Crippen LogP contribution in [0.3, 0.4) is 0 Å². The maximum Gasteiger partial charge on any atom is 0.0932 e. The van der Waals surface area contributed by atoms with Gasteiger partial charge in [0, 0.05) is 25.3 Å². The third-order valence-corrected chi connectivity index (χ3v) is 4.20. The van der Waals surface area contributed by atoms with Crippen LogP contribution in [0.5, 0.6) is 0 Å².